The zero-order chi connectivity index (χ0) is 18.6. The number of hydrogen-bond donors (Lipinski definition) is 2. The molecule has 0 spiro atoms. The first kappa shape index (κ1) is 17.9. The molecule has 2 amide bonds. The molecule has 1 unspecified atom stereocenters. The first-order valence-corrected chi connectivity index (χ1v) is 9.39. The molecule has 144 valence electrons. The average molecular weight is 371 g/mol. The van der Waals surface area contributed by atoms with Crippen LogP contribution in [0.25, 0.3) is 5.95 Å². The summed E-state index contributed by atoms with van der Waals surface area (Å²) in [4.78, 5) is 23.2. The van der Waals surface area contributed by atoms with Gasteiger partial charge in [0.1, 0.15) is 0 Å². The maximum absolute atomic E-state index is 12.5. The van der Waals surface area contributed by atoms with Gasteiger partial charge in [0.25, 0.3) is 0 Å². The molecule has 2 fully saturated rings. The lowest BCUT2D eigenvalue weighted by Crippen LogP contribution is -2.49. The predicted molar refractivity (Wildman–Crippen MR) is 99.7 cm³/mol. The number of nitrogens with one attached hydrogen (secondary N) is 2. The van der Waals surface area contributed by atoms with Gasteiger partial charge in [-0.15, -0.1) is 0 Å². The molecule has 1 saturated carbocycles. The fourth-order valence-electron chi connectivity index (χ4n) is 4.04. The highest BCUT2D eigenvalue weighted by atomic mass is 16.5. The van der Waals surface area contributed by atoms with Crippen molar-refractivity contribution in [2.75, 3.05) is 25.5 Å². The minimum Gasteiger partial charge on any atom is -0.380 e. The van der Waals surface area contributed by atoms with E-state index in [-0.39, 0.29) is 12.1 Å². The van der Waals surface area contributed by atoms with Gasteiger partial charge in [-0.05, 0) is 31.7 Å². The summed E-state index contributed by atoms with van der Waals surface area (Å²) in [7, 11) is 1.77. The summed E-state index contributed by atoms with van der Waals surface area (Å²) in [6.07, 6.45) is 11.2. The maximum Gasteiger partial charge on any atom is 0.319 e. The molecule has 0 aromatic carbocycles. The van der Waals surface area contributed by atoms with Crippen molar-refractivity contribution >= 4 is 11.7 Å². The van der Waals surface area contributed by atoms with Gasteiger partial charge in [-0.3, -0.25) is 4.90 Å². The molecule has 4 rings (SSSR count). The number of carbonyl (C=O) groups excluding carboxylic acids is 1. The lowest BCUT2D eigenvalue weighted by atomic mass is 10.1. The van der Waals surface area contributed by atoms with E-state index in [9.17, 15) is 4.79 Å². The minimum atomic E-state index is -0.206. The van der Waals surface area contributed by atoms with Crippen LogP contribution in [0.4, 0.5) is 10.5 Å². The zero-order valence-corrected chi connectivity index (χ0v) is 15.4. The summed E-state index contributed by atoms with van der Waals surface area (Å²) in [6.45, 7) is 1.98. The predicted octanol–water partition coefficient (Wildman–Crippen LogP) is 1.43. The van der Waals surface area contributed by atoms with Gasteiger partial charge in [-0.1, -0.05) is 0 Å². The van der Waals surface area contributed by atoms with E-state index < -0.39 is 0 Å². The number of ether oxygens (including phenoxy) is 1. The van der Waals surface area contributed by atoms with Crippen molar-refractivity contribution in [3.8, 4) is 5.95 Å². The summed E-state index contributed by atoms with van der Waals surface area (Å²) in [5.41, 5.74) is 0.607. The van der Waals surface area contributed by atoms with Gasteiger partial charge in [0.05, 0.1) is 24.2 Å². The van der Waals surface area contributed by atoms with Gasteiger partial charge in [0.2, 0.25) is 5.95 Å². The highest BCUT2D eigenvalue weighted by Crippen LogP contribution is 2.28. The number of nitrogens with zero attached hydrogens (tertiary/aromatic N) is 5. The van der Waals surface area contributed by atoms with Crippen molar-refractivity contribution in [1.82, 2.24) is 30.0 Å². The summed E-state index contributed by atoms with van der Waals surface area (Å²) in [5.74, 6) is 0.462. The third-order valence-corrected chi connectivity index (χ3v) is 5.37. The molecule has 9 heteroatoms. The molecule has 3 atom stereocenters. The van der Waals surface area contributed by atoms with Crippen LogP contribution in [-0.2, 0) is 4.74 Å². The molecule has 0 bridgehead atoms. The lowest BCUT2D eigenvalue weighted by molar-refractivity contribution is 0.0985. The van der Waals surface area contributed by atoms with Crippen molar-refractivity contribution in [3.05, 3.63) is 30.9 Å². The number of likely N-dealkylation sites (tertiary alicyclic amines) is 1. The molecule has 1 aliphatic carbocycles. The topological polar surface area (TPSA) is 97.2 Å². The molecule has 1 saturated heterocycles. The molecule has 2 aliphatic rings. The standard InChI is InChI=1S/C18H25N7O2/c1-27-14-6-9-24(12-14)16-5-2-4-15(16)23-18(26)22-13-10-21-25(11-13)17-19-7-3-8-20-17/h3,7-8,10-11,14-16H,2,4-6,9,12H2,1H3,(H2,22,23,26)/t14?,15-,16+/m0/s1. The Morgan fingerprint density at radius 3 is 2.89 bits per heavy atom. The van der Waals surface area contributed by atoms with Gasteiger partial charge in [0, 0.05) is 44.7 Å². The third-order valence-electron chi connectivity index (χ3n) is 5.37. The molecule has 2 N–H and O–H groups in total. The van der Waals surface area contributed by atoms with E-state index >= 15 is 0 Å². The van der Waals surface area contributed by atoms with Crippen LogP contribution in [0.15, 0.2) is 30.9 Å². The van der Waals surface area contributed by atoms with Gasteiger partial charge < -0.3 is 15.4 Å². The van der Waals surface area contributed by atoms with Crippen LogP contribution < -0.4 is 10.6 Å². The number of hydrogen-bond acceptors (Lipinski definition) is 6. The van der Waals surface area contributed by atoms with Gasteiger partial charge >= 0.3 is 6.03 Å². The minimum absolute atomic E-state index is 0.160. The lowest BCUT2D eigenvalue weighted by Gasteiger charge is -2.29. The van der Waals surface area contributed by atoms with Gasteiger partial charge in [0.15, 0.2) is 0 Å². The van der Waals surface area contributed by atoms with Crippen LogP contribution in [0.1, 0.15) is 25.7 Å². The van der Waals surface area contributed by atoms with Crippen molar-refractivity contribution in [3.63, 3.8) is 0 Å². The molecule has 27 heavy (non-hydrogen) atoms. The molecule has 9 nitrogen and oxygen atoms in total. The number of carbonyl (C=O) groups is 1. The summed E-state index contributed by atoms with van der Waals surface area (Å²) in [6, 6.07) is 2.08. The first-order chi connectivity index (χ1) is 13.2. The van der Waals surface area contributed by atoms with E-state index in [1.807, 2.05) is 0 Å². The van der Waals surface area contributed by atoms with E-state index in [2.05, 4.69) is 30.6 Å². The Kier molecular flexibility index (Phi) is 5.30. The van der Waals surface area contributed by atoms with Gasteiger partial charge in [-0.2, -0.15) is 5.10 Å². The number of rotatable bonds is 5. The number of aromatic nitrogens is 4. The van der Waals surface area contributed by atoms with Crippen LogP contribution >= 0.6 is 0 Å². The molecule has 1 aliphatic heterocycles. The van der Waals surface area contributed by atoms with E-state index in [4.69, 9.17) is 4.74 Å². The van der Waals surface area contributed by atoms with E-state index in [1.165, 1.54) is 4.68 Å². The van der Waals surface area contributed by atoms with E-state index in [0.29, 0.717) is 23.8 Å². The third kappa shape index (κ3) is 4.09. The fraction of sp³-hybridized carbons (Fsp3) is 0.556. The molecular weight excluding hydrogens is 346 g/mol. The van der Waals surface area contributed by atoms with Crippen molar-refractivity contribution < 1.29 is 9.53 Å². The Bertz CT molecular complexity index is 766. The van der Waals surface area contributed by atoms with Crippen LogP contribution in [0, 0.1) is 0 Å². The van der Waals surface area contributed by atoms with Crippen LogP contribution in [0.5, 0.6) is 0 Å². The van der Waals surface area contributed by atoms with Gasteiger partial charge in [-0.25, -0.2) is 19.4 Å². The number of urea groups is 1. The Labute approximate surface area is 158 Å². The SMILES string of the molecule is COC1CCN([C@@H]2CCC[C@@H]2NC(=O)Nc2cnn(-c3ncccn3)c2)C1. The Morgan fingerprint density at radius 2 is 2.11 bits per heavy atom. The summed E-state index contributed by atoms with van der Waals surface area (Å²) >= 11 is 0. The van der Waals surface area contributed by atoms with Crippen molar-refractivity contribution in [1.29, 1.82) is 0 Å². The highest BCUT2D eigenvalue weighted by molar-refractivity contribution is 5.89. The van der Waals surface area contributed by atoms with Crippen LogP contribution in [-0.4, -0.2) is 69.1 Å². The number of amides is 2. The number of methoxy groups -OCH3 is 1. The largest absolute Gasteiger partial charge is 0.380 e. The smallest absolute Gasteiger partial charge is 0.319 e. The Balaban J connectivity index is 1.33. The normalized spacial score (nSPS) is 25.6. The molecule has 0 radical (unpaired) electrons. The summed E-state index contributed by atoms with van der Waals surface area (Å²) < 4.78 is 7.01. The zero-order valence-electron chi connectivity index (χ0n) is 15.4. The fourth-order valence-corrected chi connectivity index (χ4v) is 4.04. The Morgan fingerprint density at radius 1 is 1.26 bits per heavy atom. The quantitative estimate of drug-likeness (QED) is 0.825. The molecular formula is C18H25N7O2. The van der Waals surface area contributed by atoms with Crippen molar-refractivity contribution in [2.45, 2.75) is 43.9 Å². The monoisotopic (exact) mass is 371 g/mol. The van der Waals surface area contributed by atoms with Crippen molar-refractivity contribution in [2.24, 2.45) is 0 Å². The summed E-state index contributed by atoms with van der Waals surface area (Å²) in [5, 5.41) is 10.2. The maximum atomic E-state index is 12.5. The van der Waals surface area contributed by atoms with Crippen LogP contribution in [0.3, 0.4) is 0 Å². The van der Waals surface area contributed by atoms with E-state index in [0.717, 1.165) is 38.8 Å². The second-order valence-electron chi connectivity index (χ2n) is 7.07. The highest BCUT2D eigenvalue weighted by Gasteiger charge is 2.36. The molecule has 3 heterocycles. The average Bonchev–Trinajstić information content (AvgIpc) is 3.42. The van der Waals surface area contributed by atoms with E-state index in [1.54, 1.807) is 38.0 Å². The second kappa shape index (κ2) is 8.01. The van der Waals surface area contributed by atoms with Crippen LogP contribution in [0.2, 0.25) is 0 Å². The molecule has 2 aromatic rings. The number of anilines is 1. The Hall–Kier alpha value is -2.52. The second-order valence-corrected chi connectivity index (χ2v) is 7.07. The first-order valence-electron chi connectivity index (χ1n) is 9.39. The molecule has 2 aromatic heterocycles.